The Bertz CT molecular complexity index is 719. The van der Waals surface area contributed by atoms with Crippen LogP contribution >= 0.6 is 11.6 Å². The zero-order valence-electron chi connectivity index (χ0n) is 13.9. The summed E-state index contributed by atoms with van der Waals surface area (Å²) in [6.07, 6.45) is 0. The van der Waals surface area contributed by atoms with E-state index in [0.717, 1.165) is 6.07 Å². The highest BCUT2D eigenvalue weighted by Crippen LogP contribution is 2.22. The smallest absolute Gasteiger partial charge is 0.338 e. The molecule has 0 fully saturated rings. The SMILES string of the molecule is CNS(=O)(=O)c1cc(C(=O)OCC(=O)N[C@@H](C)C(C)C)ccc1Cl. The molecular weight excluding hydrogens is 356 g/mol. The van der Waals surface area contributed by atoms with Crippen molar-refractivity contribution in [2.75, 3.05) is 13.7 Å². The van der Waals surface area contributed by atoms with Crippen molar-refractivity contribution in [3.63, 3.8) is 0 Å². The van der Waals surface area contributed by atoms with Crippen molar-refractivity contribution in [3.8, 4) is 0 Å². The molecule has 0 aliphatic rings. The van der Waals surface area contributed by atoms with Gasteiger partial charge in [-0.1, -0.05) is 25.4 Å². The van der Waals surface area contributed by atoms with E-state index < -0.39 is 28.5 Å². The van der Waals surface area contributed by atoms with Crippen molar-refractivity contribution >= 4 is 33.5 Å². The standard InChI is InChI=1S/C15H21ClN2O5S/c1-9(2)10(3)18-14(19)8-23-15(20)11-5-6-12(16)13(7-11)24(21,22)17-4/h5-7,9-10,17H,8H2,1-4H3,(H,18,19)/t10-/m0/s1. The van der Waals surface area contributed by atoms with E-state index in [-0.39, 0.29) is 27.4 Å². The van der Waals surface area contributed by atoms with Crippen LogP contribution < -0.4 is 10.0 Å². The van der Waals surface area contributed by atoms with Crippen LogP contribution in [0.1, 0.15) is 31.1 Å². The molecule has 1 atom stereocenters. The number of esters is 1. The molecule has 1 aromatic rings. The Labute approximate surface area is 146 Å². The Morgan fingerprint density at radius 2 is 1.88 bits per heavy atom. The van der Waals surface area contributed by atoms with E-state index >= 15 is 0 Å². The third kappa shape index (κ3) is 5.47. The van der Waals surface area contributed by atoms with Crippen LogP contribution in [0.2, 0.25) is 5.02 Å². The molecule has 0 bridgehead atoms. The molecule has 0 spiro atoms. The molecule has 7 nitrogen and oxygen atoms in total. The molecule has 2 N–H and O–H groups in total. The van der Waals surface area contributed by atoms with Crippen molar-refractivity contribution in [1.29, 1.82) is 0 Å². The fourth-order valence-corrected chi connectivity index (χ4v) is 2.87. The van der Waals surface area contributed by atoms with E-state index in [0.29, 0.717) is 0 Å². The van der Waals surface area contributed by atoms with Gasteiger partial charge in [0.1, 0.15) is 4.90 Å². The lowest BCUT2D eigenvalue weighted by Gasteiger charge is -2.17. The maximum atomic E-state index is 12.0. The third-order valence-corrected chi connectivity index (χ3v) is 5.34. The fraction of sp³-hybridized carbons (Fsp3) is 0.467. The molecule has 0 saturated heterocycles. The van der Waals surface area contributed by atoms with Gasteiger partial charge in [-0.2, -0.15) is 0 Å². The molecule has 0 heterocycles. The summed E-state index contributed by atoms with van der Waals surface area (Å²) in [5.74, 6) is -0.997. The fourth-order valence-electron chi connectivity index (χ4n) is 1.62. The molecule has 0 radical (unpaired) electrons. The number of hydrogen-bond acceptors (Lipinski definition) is 5. The van der Waals surface area contributed by atoms with Gasteiger partial charge in [-0.25, -0.2) is 17.9 Å². The first-order valence-corrected chi connectivity index (χ1v) is 9.14. The Morgan fingerprint density at radius 1 is 1.25 bits per heavy atom. The molecule has 0 aliphatic heterocycles. The van der Waals surface area contributed by atoms with E-state index in [2.05, 4.69) is 10.0 Å². The van der Waals surface area contributed by atoms with Crippen molar-refractivity contribution < 1.29 is 22.7 Å². The van der Waals surface area contributed by atoms with Gasteiger partial charge >= 0.3 is 5.97 Å². The monoisotopic (exact) mass is 376 g/mol. The number of nitrogens with one attached hydrogen (secondary N) is 2. The highest BCUT2D eigenvalue weighted by atomic mass is 35.5. The summed E-state index contributed by atoms with van der Waals surface area (Å²) in [7, 11) is -2.58. The average molecular weight is 377 g/mol. The highest BCUT2D eigenvalue weighted by Gasteiger charge is 2.20. The minimum Gasteiger partial charge on any atom is -0.452 e. The first-order chi connectivity index (χ1) is 11.1. The lowest BCUT2D eigenvalue weighted by Crippen LogP contribution is -2.38. The van der Waals surface area contributed by atoms with Crippen LogP contribution in [0.25, 0.3) is 0 Å². The summed E-state index contributed by atoms with van der Waals surface area (Å²) in [5.41, 5.74) is -0.0158. The van der Waals surface area contributed by atoms with E-state index in [1.54, 1.807) is 0 Å². The average Bonchev–Trinajstić information content (AvgIpc) is 2.52. The third-order valence-electron chi connectivity index (χ3n) is 3.45. The molecule has 134 valence electrons. The van der Waals surface area contributed by atoms with Gasteiger partial charge in [0.2, 0.25) is 10.0 Å². The number of halogens is 1. The first kappa shape index (κ1) is 20.4. The summed E-state index contributed by atoms with van der Waals surface area (Å²) in [6, 6.07) is 3.65. The quantitative estimate of drug-likeness (QED) is 0.703. The van der Waals surface area contributed by atoms with E-state index in [4.69, 9.17) is 16.3 Å². The molecule has 9 heteroatoms. The minimum absolute atomic E-state index is 0.0158. The van der Waals surface area contributed by atoms with Gasteiger partial charge in [0, 0.05) is 6.04 Å². The Balaban J connectivity index is 2.79. The van der Waals surface area contributed by atoms with Crippen molar-refractivity contribution in [2.24, 2.45) is 5.92 Å². The van der Waals surface area contributed by atoms with Gasteiger partial charge in [-0.3, -0.25) is 4.79 Å². The van der Waals surface area contributed by atoms with Crippen molar-refractivity contribution in [1.82, 2.24) is 10.0 Å². The molecule has 1 amide bonds. The minimum atomic E-state index is -3.81. The second-order valence-electron chi connectivity index (χ2n) is 5.53. The number of sulfonamides is 1. The molecule has 1 aromatic carbocycles. The largest absolute Gasteiger partial charge is 0.452 e. The molecule has 0 aromatic heterocycles. The normalized spacial score (nSPS) is 12.8. The van der Waals surface area contributed by atoms with Crippen LogP contribution in [0.3, 0.4) is 0 Å². The van der Waals surface area contributed by atoms with Crippen LogP contribution in [-0.4, -0.2) is 40.0 Å². The number of carbonyl (C=O) groups is 2. The molecule has 1 rings (SSSR count). The first-order valence-electron chi connectivity index (χ1n) is 7.28. The number of benzene rings is 1. The van der Waals surface area contributed by atoms with Crippen LogP contribution in [0, 0.1) is 5.92 Å². The maximum Gasteiger partial charge on any atom is 0.338 e. The highest BCUT2D eigenvalue weighted by molar-refractivity contribution is 7.89. The number of hydrogen-bond donors (Lipinski definition) is 2. The van der Waals surface area contributed by atoms with Crippen LogP contribution in [0.4, 0.5) is 0 Å². The van der Waals surface area contributed by atoms with Gasteiger partial charge in [0.15, 0.2) is 6.61 Å². The van der Waals surface area contributed by atoms with Crippen LogP contribution in [0.15, 0.2) is 23.1 Å². The summed E-state index contributed by atoms with van der Waals surface area (Å²) in [6.45, 7) is 5.30. The molecule has 0 aliphatic carbocycles. The molecule has 0 unspecified atom stereocenters. The Kier molecular flexibility index (Phi) is 7.19. The van der Waals surface area contributed by atoms with E-state index in [1.807, 2.05) is 20.8 Å². The lowest BCUT2D eigenvalue weighted by atomic mass is 10.1. The van der Waals surface area contributed by atoms with Gasteiger partial charge in [-0.05, 0) is 38.1 Å². The molecular formula is C15H21ClN2O5S. The Hall–Kier alpha value is -1.64. The van der Waals surface area contributed by atoms with Gasteiger partial charge < -0.3 is 10.1 Å². The summed E-state index contributed by atoms with van der Waals surface area (Å²) in [4.78, 5) is 23.5. The maximum absolute atomic E-state index is 12.0. The zero-order valence-corrected chi connectivity index (χ0v) is 15.5. The van der Waals surface area contributed by atoms with Gasteiger partial charge in [0.05, 0.1) is 10.6 Å². The lowest BCUT2D eigenvalue weighted by molar-refractivity contribution is -0.125. The topological polar surface area (TPSA) is 102 Å². The molecule has 0 saturated carbocycles. The van der Waals surface area contributed by atoms with E-state index in [1.165, 1.54) is 19.2 Å². The second-order valence-corrected chi connectivity index (χ2v) is 7.79. The van der Waals surface area contributed by atoms with Gasteiger partial charge in [0.25, 0.3) is 5.91 Å². The zero-order chi connectivity index (χ0) is 18.5. The summed E-state index contributed by atoms with van der Waals surface area (Å²) in [5, 5.41) is 2.67. The summed E-state index contributed by atoms with van der Waals surface area (Å²) >= 11 is 5.84. The van der Waals surface area contributed by atoms with Crippen LogP contribution in [0.5, 0.6) is 0 Å². The number of amides is 1. The predicted molar refractivity (Wildman–Crippen MR) is 90.4 cm³/mol. The Morgan fingerprint density at radius 3 is 2.42 bits per heavy atom. The van der Waals surface area contributed by atoms with Crippen LogP contribution in [-0.2, 0) is 19.6 Å². The molecule has 24 heavy (non-hydrogen) atoms. The summed E-state index contributed by atoms with van der Waals surface area (Å²) < 4.78 is 30.7. The van der Waals surface area contributed by atoms with Crippen molar-refractivity contribution in [2.45, 2.75) is 31.7 Å². The number of rotatable bonds is 7. The van der Waals surface area contributed by atoms with E-state index in [9.17, 15) is 18.0 Å². The van der Waals surface area contributed by atoms with Crippen molar-refractivity contribution in [3.05, 3.63) is 28.8 Å². The predicted octanol–water partition coefficient (Wildman–Crippen LogP) is 1.57. The number of ether oxygens (including phenoxy) is 1. The van der Waals surface area contributed by atoms with Gasteiger partial charge in [-0.15, -0.1) is 0 Å². The second kappa shape index (κ2) is 8.46. The number of carbonyl (C=O) groups excluding carboxylic acids is 2.